The lowest BCUT2D eigenvalue weighted by molar-refractivity contribution is 0.402. The summed E-state index contributed by atoms with van der Waals surface area (Å²) < 4.78 is 1.95. The molecule has 0 amide bonds. The smallest absolute Gasteiger partial charge is 0.113 e. The summed E-state index contributed by atoms with van der Waals surface area (Å²) in [6.45, 7) is 9.25. The summed E-state index contributed by atoms with van der Waals surface area (Å²) in [6.07, 6.45) is 7.88. The normalized spacial score (nSPS) is 13.8. The summed E-state index contributed by atoms with van der Waals surface area (Å²) in [5, 5.41) is 8.64. The Hall–Kier alpha value is -2.16. The zero-order valence-corrected chi connectivity index (χ0v) is 17.3. The molecule has 0 aliphatic heterocycles. The molecule has 27 heavy (non-hydrogen) atoms. The molecule has 0 bridgehead atoms. The van der Waals surface area contributed by atoms with E-state index < -0.39 is 0 Å². The van der Waals surface area contributed by atoms with E-state index in [2.05, 4.69) is 62.3 Å². The maximum absolute atomic E-state index is 4.36. The van der Waals surface area contributed by atoms with Crippen molar-refractivity contribution >= 4 is 11.0 Å². The van der Waals surface area contributed by atoms with Crippen LogP contribution >= 0.6 is 0 Å². The average Bonchev–Trinajstić information content (AvgIpc) is 3.09. The predicted octanol–water partition coefficient (Wildman–Crippen LogP) is 6.51. The fourth-order valence-electron chi connectivity index (χ4n) is 3.90. The highest BCUT2D eigenvalue weighted by Crippen LogP contribution is 2.24. The quantitative estimate of drug-likeness (QED) is 0.433. The van der Waals surface area contributed by atoms with Crippen LogP contribution in [0, 0.1) is 18.8 Å². The van der Waals surface area contributed by atoms with Gasteiger partial charge in [0.1, 0.15) is 5.52 Å². The van der Waals surface area contributed by atoms with Crippen molar-refractivity contribution in [2.45, 2.75) is 66.2 Å². The summed E-state index contributed by atoms with van der Waals surface area (Å²) >= 11 is 0. The Labute approximate surface area is 163 Å². The van der Waals surface area contributed by atoms with Gasteiger partial charge >= 0.3 is 0 Å². The minimum atomic E-state index is 0.728. The summed E-state index contributed by atoms with van der Waals surface area (Å²) in [5.41, 5.74) is 5.80. The summed E-state index contributed by atoms with van der Waals surface area (Å²) in [7, 11) is 0. The standard InChI is InChI=1S/C24H33N3/c1-5-6-9-18(2)12-13-19(3)16-21-14-15-23(20(4)17-21)27-24-11-8-7-10-22(24)25-26-27/h7-8,10-11,14-15,17-19H,5-6,9,12-13,16H2,1-4H3. The number of benzene rings is 2. The van der Waals surface area contributed by atoms with Gasteiger partial charge in [0.05, 0.1) is 11.2 Å². The first-order valence-electron chi connectivity index (χ1n) is 10.5. The number of hydrogen-bond donors (Lipinski definition) is 0. The van der Waals surface area contributed by atoms with Crippen molar-refractivity contribution in [2.75, 3.05) is 0 Å². The fourth-order valence-corrected chi connectivity index (χ4v) is 3.90. The highest BCUT2D eigenvalue weighted by molar-refractivity contribution is 5.76. The highest BCUT2D eigenvalue weighted by Gasteiger charge is 2.11. The van der Waals surface area contributed by atoms with E-state index >= 15 is 0 Å². The minimum Gasteiger partial charge on any atom is -0.213 e. The van der Waals surface area contributed by atoms with Gasteiger partial charge in [0.2, 0.25) is 0 Å². The Morgan fingerprint density at radius 2 is 1.74 bits per heavy atom. The van der Waals surface area contributed by atoms with Gasteiger partial charge in [-0.1, -0.05) is 82.4 Å². The second-order valence-electron chi connectivity index (χ2n) is 8.24. The summed E-state index contributed by atoms with van der Waals surface area (Å²) in [4.78, 5) is 0. The molecule has 3 rings (SSSR count). The van der Waals surface area contributed by atoms with Crippen LogP contribution in [0.4, 0.5) is 0 Å². The topological polar surface area (TPSA) is 30.7 Å². The molecule has 144 valence electrons. The van der Waals surface area contributed by atoms with Crippen LogP contribution in [-0.2, 0) is 6.42 Å². The van der Waals surface area contributed by atoms with E-state index in [0.717, 1.165) is 35.0 Å². The molecule has 0 saturated heterocycles. The second-order valence-corrected chi connectivity index (χ2v) is 8.24. The molecule has 0 spiro atoms. The molecule has 3 aromatic rings. The number of para-hydroxylation sites is 1. The zero-order valence-electron chi connectivity index (χ0n) is 17.3. The van der Waals surface area contributed by atoms with Gasteiger partial charge < -0.3 is 0 Å². The maximum Gasteiger partial charge on any atom is 0.113 e. The number of rotatable bonds is 9. The number of unbranched alkanes of at least 4 members (excludes halogenated alkanes) is 1. The molecule has 0 fully saturated rings. The summed E-state index contributed by atoms with van der Waals surface area (Å²) in [5.74, 6) is 1.59. The van der Waals surface area contributed by atoms with E-state index in [1.165, 1.54) is 43.2 Å². The van der Waals surface area contributed by atoms with Crippen molar-refractivity contribution in [2.24, 2.45) is 11.8 Å². The van der Waals surface area contributed by atoms with Crippen molar-refractivity contribution in [3.8, 4) is 5.69 Å². The Balaban J connectivity index is 1.65. The third kappa shape index (κ3) is 4.97. The van der Waals surface area contributed by atoms with Crippen molar-refractivity contribution in [3.05, 3.63) is 53.6 Å². The maximum atomic E-state index is 4.36. The Kier molecular flexibility index (Phi) is 6.65. The largest absolute Gasteiger partial charge is 0.213 e. The lowest BCUT2D eigenvalue weighted by atomic mass is 9.90. The lowest BCUT2D eigenvalue weighted by Crippen LogP contribution is -2.05. The zero-order chi connectivity index (χ0) is 19.2. The monoisotopic (exact) mass is 363 g/mol. The van der Waals surface area contributed by atoms with E-state index in [0.29, 0.717) is 0 Å². The van der Waals surface area contributed by atoms with E-state index in [-0.39, 0.29) is 0 Å². The van der Waals surface area contributed by atoms with Gasteiger partial charge in [-0.25, -0.2) is 4.68 Å². The van der Waals surface area contributed by atoms with E-state index in [1.807, 2.05) is 22.9 Å². The Bertz CT molecular complexity index is 865. The first-order valence-corrected chi connectivity index (χ1v) is 10.5. The number of aromatic nitrogens is 3. The minimum absolute atomic E-state index is 0.728. The van der Waals surface area contributed by atoms with Crippen LogP contribution in [0.1, 0.15) is 64.0 Å². The van der Waals surface area contributed by atoms with Crippen LogP contribution in [0.2, 0.25) is 0 Å². The van der Waals surface area contributed by atoms with Crippen molar-refractivity contribution in [3.63, 3.8) is 0 Å². The van der Waals surface area contributed by atoms with Gasteiger partial charge in [0, 0.05) is 0 Å². The van der Waals surface area contributed by atoms with Gasteiger partial charge in [-0.05, 0) is 54.5 Å². The molecular formula is C24H33N3. The molecular weight excluding hydrogens is 330 g/mol. The molecule has 0 aliphatic rings. The third-order valence-corrected chi connectivity index (χ3v) is 5.63. The molecule has 0 aliphatic carbocycles. The van der Waals surface area contributed by atoms with E-state index in [4.69, 9.17) is 0 Å². The molecule has 0 radical (unpaired) electrons. The molecule has 2 aromatic carbocycles. The molecule has 0 N–H and O–H groups in total. The predicted molar refractivity (Wildman–Crippen MR) is 114 cm³/mol. The SMILES string of the molecule is CCCCC(C)CCC(C)Cc1ccc(-n2nnc3ccccc32)c(C)c1. The molecule has 1 aromatic heterocycles. The van der Waals surface area contributed by atoms with Gasteiger partial charge in [-0.15, -0.1) is 5.10 Å². The first-order chi connectivity index (χ1) is 13.1. The Morgan fingerprint density at radius 3 is 2.52 bits per heavy atom. The third-order valence-electron chi connectivity index (χ3n) is 5.63. The summed E-state index contributed by atoms with van der Waals surface area (Å²) in [6, 6.07) is 14.9. The number of nitrogens with zero attached hydrogens (tertiary/aromatic N) is 3. The average molecular weight is 364 g/mol. The lowest BCUT2D eigenvalue weighted by Gasteiger charge is -2.16. The van der Waals surface area contributed by atoms with Crippen LogP contribution in [0.5, 0.6) is 0 Å². The van der Waals surface area contributed by atoms with Crippen LogP contribution in [0.15, 0.2) is 42.5 Å². The number of hydrogen-bond acceptors (Lipinski definition) is 2. The highest BCUT2D eigenvalue weighted by atomic mass is 15.4. The first kappa shape index (κ1) is 19.6. The van der Waals surface area contributed by atoms with Crippen LogP contribution in [0.25, 0.3) is 16.7 Å². The number of fused-ring (bicyclic) bond motifs is 1. The molecule has 1 heterocycles. The molecule has 2 unspecified atom stereocenters. The van der Waals surface area contributed by atoms with E-state index in [9.17, 15) is 0 Å². The van der Waals surface area contributed by atoms with Crippen LogP contribution in [-0.4, -0.2) is 15.0 Å². The van der Waals surface area contributed by atoms with Crippen LogP contribution < -0.4 is 0 Å². The van der Waals surface area contributed by atoms with E-state index in [1.54, 1.807) is 0 Å². The molecule has 3 heteroatoms. The fraction of sp³-hybridized carbons (Fsp3) is 0.500. The molecule has 3 nitrogen and oxygen atoms in total. The van der Waals surface area contributed by atoms with Gasteiger partial charge in [0.25, 0.3) is 0 Å². The van der Waals surface area contributed by atoms with Crippen molar-refractivity contribution < 1.29 is 0 Å². The second kappa shape index (κ2) is 9.16. The van der Waals surface area contributed by atoms with Crippen LogP contribution in [0.3, 0.4) is 0 Å². The molecule has 0 saturated carbocycles. The van der Waals surface area contributed by atoms with Gasteiger partial charge in [-0.2, -0.15) is 0 Å². The number of aryl methyl sites for hydroxylation is 1. The van der Waals surface area contributed by atoms with Gasteiger partial charge in [-0.3, -0.25) is 0 Å². The molecule has 2 atom stereocenters. The van der Waals surface area contributed by atoms with Crippen molar-refractivity contribution in [1.29, 1.82) is 0 Å². The van der Waals surface area contributed by atoms with Crippen molar-refractivity contribution in [1.82, 2.24) is 15.0 Å². The van der Waals surface area contributed by atoms with Gasteiger partial charge in [0.15, 0.2) is 0 Å². The Morgan fingerprint density at radius 1 is 0.963 bits per heavy atom.